The van der Waals surface area contributed by atoms with Crippen LogP contribution in [0.1, 0.15) is 6.42 Å². The van der Waals surface area contributed by atoms with Gasteiger partial charge in [-0.05, 0) is 37.2 Å². The molecule has 134 valence electrons. The van der Waals surface area contributed by atoms with E-state index in [0.29, 0.717) is 11.7 Å². The first kappa shape index (κ1) is 17.1. The molecule has 7 heteroatoms. The summed E-state index contributed by atoms with van der Waals surface area (Å²) in [6, 6.07) is 11.7. The van der Waals surface area contributed by atoms with E-state index in [9.17, 15) is 0 Å². The van der Waals surface area contributed by atoms with Crippen molar-refractivity contribution >= 4 is 38.5 Å². The number of hydrogen-bond donors (Lipinski definition) is 2. The lowest BCUT2D eigenvalue weighted by Crippen LogP contribution is -2.19. The van der Waals surface area contributed by atoms with Crippen LogP contribution in [-0.4, -0.2) is 36.3 Å². The van der Waals surface area contributed by atoms with Gasteiger partial charge in [0.2, 0.25) is 5.95 Å². The van der Waals surface area contributed by atoms with E-state index in [2.05, 4.69) is 36.5 Å². The number of fused-ring (bicyclic) bond motifs is 1. The number of aromatic nitrogens is 2. The Balaban J connectivity index is 1.57. The van der Waals surface area contributed by atoms with Crippen molar-refractivity contribution in [3.8, 4) is 11.5 Å². The summed E-state index contributed by atoms with van der Waals surface area (Å²) in [5.41, 5.74) is 1.64. The Morgan fingerprint density at radius 1 is 1.27 bits per heavy atom. The summed E-state index contributed by atoms with van der Waals surface area (Å²) >= 11 is 3.47. The minimum Gasteiger partial charge on any atom is -0.494 e. The molecular weight excluding hydrogens is 396 g/mol. The van der Waals surface area contributed by atoms with Crippen molar-refractivity contribution in [3.05, 3.63) is 47.1 Å². The molecular formula is C19H19BrN4O2. The molecule has 3 aromatic rings. The minimum atomic E-state index is 0.227. The summed E-state index contributed by atoms with van der Waals surface area (Å²) in [5, 5.41) is 7.45. The van der Waals surface area contributed by atoms with Crippen LogP contribution in [0.5, 0.6) is 11.5 Å². The zero-order valence-electron chi connectivity index (χ0n) is 14.3. The molecule has 1 aliphatic heterocycles. The SMILES string of the molecule is COc1cc(Br)cc2cnc(Nc3cccc(O[C@@H]4CCNC4)c3)nc12. The van der Waals surface area contributed by atoms with Crippen molar-refractivity contribution in [1.29, 1.82) is 0 Å². The molecule has 6 nitrogen and oxygen atoms in total. The van der Waals surface area contributed by atoms with Crippen LogP contribution in [0.3, 0.4) is 0 Å². The number of rotatable bonds is 5. The van der Waals surface area contributed by atoms with Gasteiger partial charge < -0.3 is 20.1 Å². The van der Waals surface area contributed by atoms with Crippen molar-refractivity contribution in [1.82, 2.24) is 15.3 Å². The zero-order valence-corrected chi connectivity index (χ0v) is 15.9. The van der Waals surface area contributed by atoms with Gasteiger partial charge in [-0.2, -0.15) is 0 Å². The summed E-state index contributed by atoms with van der Waals surface area (Å²) in [5.74, 6) is 2.05. The number of halogens is 1. The van der Waals surface area contributed by atoms with Crippen LogP contribution in [-0.2, 0) is 0 Å². The highest BCUT2D eigenvalue weighted by atomic mass is 79.9. The van der Waals surface area contributed by atoms with Crippen LogP contribution in [0.25, 0.3) is 10.9 Å². The second-order valence-corrected chi connectivity index (χ2v) is 7.04. The lowest BCUT2D eigenvalue weighted by Gasteiger charge is -2.14. The molecule has 26 heavy (non-hydrogen) atoms. The van der Waals surface area contributed by atoms with Crippen LogP contribution in [0.4, 0.5) is 11.6 Å². The molecule has 1 saturated heterocycles. The molecule has 2 heterocycles. The van der Waals surface area contributed by atoms with Gasteiger partial charge in [-0.1, -0.05) is 22.0 Å². The third-order valence-corrected chi connectivity index (χ3v) is 4.70. The molecule has 0 bridgehead atoms. The lowest BCUT2D eigenvalue weighted by molar-refractivity contribution is 0.223. The summed E-state index contributed by atoms with van der Waals surface area (Å²) in [6.45, 7) is 1.90. The number of methoxy groups -OCH3 is 1. The monoisotopic (exact) mass is 414 g/mol. The van der Waals surface area contributed by atoms with Crippen molar-refractivity contribution < 1.29 is 9.47 Å². The molecule has 0 saturated carbocycles. The zero-order chi connectivity index (χ0) is 17.9. The Kier molecular flexibility index (Phi) is 4.90. The number of benzene rings is 2. The number of nitrogens with zero attached hydrogens (tertiary/aromatic N) is 2. The Bertz CT molecular complexity index is 929. The van der Waals surface area contributed by atoms with Gasteiger partial charge in [-0.3, -0.25) is 0 Å². The van der Waals surface area contributed by atoms with E-state index < -0.39 is 0 Å². The van der Waals surface area contributed by atoms with Gasteiger partial charge in [-0.25, -0.2) is 9.97 Å². The first-order valence-electron chi connectivity index (χ1n) is 8.46. The van der Waals surface area contributed by atoms with E-state index >= 15 is 0 Å². The smallest absolute Gasteiger partial charge is 0.227 e. The fraction of sp³-hybridized carbons (Fsp3) is 0.263. The Hall–Kier alpha value is -2.38. The molecule has 0 unspecified atom stereocenters. The molecule has 1 fully saturated rings. The van der Waals surface area contributed by atoms with E-state index in [0.717, 1.165) is 46.3 Å². The van der Waals surface area contributed by atoms with E-state index in [-0.39, 0.29) is 6.10 Å². The van der Waals surface area contributed by atoms with Crippen LogP contribution >= 0.6 is 15.9 Å². The van der Waals surface area contributed by atoms with Crippen molar-refractivity contribution in [2.75, 3.05) is 25.5 Å². The first-order valence-corrected chi connectivity index (χ1v) is 9.25. The quantitative estimate of drug-likeness (QED) is 0.659. The number of anilines is 2. The molecule has 4 rings (SSSR count). The molecule has 2 N–H and O–H groups in total. The molecule has 0 radical (unpaired) electrons. The van der Waals surface area contributed by atoms with E-state index in [1.54, 1.807) is 13.3 Å². The van der Waals surface area contributed by atoms with Gasteiger partial charge in [0.15, 0.2) is 0 Å². The fourth-order valence-electron chi connectivity index (χ4n) is 2.99. The molecule has 0 aliphatic carbocycles. The molecule has 0 amide bonds. The minimum absolute atomic E-state index is 0.227. The largest absolute Gasteiger partial charge is 0.494 e. The maximum Gasteiger partial charge on any atom is 0.227 e. The normalized spacial score (nSPS) is 16.6. The summed E-state index contributed by atoms with van der Waals surface area (Å²) in [6.07, 6.45) is 3.04. The second-order valence-electron chi connectivity index (χ2n) is 6.12. The third-order valence-electron chi connectivity index (χ3n) is 4.24. The number of hydrogen-bond acceptors (Lipinski definition) is 6. The second kappa shape index (κ2) is 7.47. The molecule has 1 atom stereocenters. The van der Waals surface area contributed by atoms with Crippen LogP contribution in [0, 0.1) is 0 Å². The number of nitrogens with one attached hydrogen (secondary N) is 2. The van der Waals surface area contributed by atoms with Gasteiger partial charge in [-0.15, -0.1) is 0 Å². The van der Waals surface area contributed by atoms with Crippen LogP contribution in [0.15, 0.2) is 47.1 Å². The Morgan fingerprint density at radius 3 is 3.00 bits per heavy atom. The highest BCUT2D eigenvalue weighted by Gasteiger charge is 2.16. The highest BCUT2D eigenvalue weighted by Crippen LogP contribution is 2.29. The maximum absolute atomic E-state index is 6.01. The average Bonchev–Trinajstić information content (AvgIpc) is 3.14. The van der Waals surface area contributed by atoms with E-state index in [1.165, 1.54) is 0 Å². The van der Waals surface area contributed by atoms with Crippen LogP contribution < -0.4 is 20.1 Å². The molecule has 1 aliphatic rings. The lowest BCUT2D eigenvalue weighted by atomic mass is 10.2. The van der Waals surface area contributed by atoms with E-state index in [4.69, 9.17) is 9.47 Å². The molecule has 2 aromatic carbocycles. The fourth-order valence-corrected chi connectivity index (χ4v) is 3.45. The summed E-state index contributed by atoms with van der Waals surface area (Å²) in [4.78, 5) is 9.00. The van der Waals surface area contributed by atoms with Gasteiger partial charge in [0.25, 0.3) is 0 Å². The van der Waals surface area contributed by atoms with E-state index in [1.807, 2.05) is 36.4 Å². The Morgan fingerprint density at radius 2 is 2.19 bits per heavy atom. The van der Waals surface area contributed by atoms with Gasteiger partial charge in [0, 0.05) is 34.4 Å². The average molecular weight is 415 g/mol. The van der Waals surface area contributed by atoms with Gasteiger partial charge in [0.05, 0.1) is 7.11 Å². The first-order chi connectivity index (χ1) is 12.7. The van der Waals surface area contributed by atoms with Crippen molar-refractivity contribution in [3.63, 3.8) is 0 Å². The molecule has 1 aromatic heterocycles. The summed E-state index contributed by atoms with van der Waals surface area (Å²) < 4.78 is 12.4. The van der Waals surface area contributed by atoms with Gasteiger partial charge >= 0.3 is 0 Å². The van der Waals surface area contributed by atoms with Crippen molar-refractivity contribution in [2.45, 2.75) is 12.5 Å². The Labute approximate surface area is 160 Å². The summed E-state index contributed by atoms with van der Waals surface area (Å²) in [7, 11) is 1.63. The predicted molar refractivity (Wildman–Crippen MR) is 105 cm³/mol. The molecule has 0 spiro atoms. The standard InChI is InChI=1S/C19H19BrN4O2/c1-25-17-8-13(20)7-12-10-22-19(24-18(12)17)23-14-3-2-4-15(9-14)26-16-5-6-21-11-16/h2-4,7-10,16,21H,5-6,11H2,1H3,(H,22,23,24)/t16-/m1/s1. The highest BCUT2D eigenvalue weighted by molar-refractivity contribution is 9.10. The van der Waals surface area contributed by atoms with Crippen molar-refractivity contribution in [2.24, 2.45) is 0 Å². The van der Waals surface area contributed by atoms with Crippen LogP contribution in [0.2, 0.25) is 0 Å². The maximum atomic E-state index is 6.01. The number of ether oxygens (including phenoxy) is 2. The van der Waals surface area contributed by atoms with Gasteiger partial charge in [0.1, 0.15) is 23.1 Å². The topological polar surface area (TPSA) is 68.3 Å². The third kappa shape index (κ3) is 3.73. The predicted octanol–water partition coefficient (Wildman–Crippen LogP) is 3.89.